The zero-order chi connectivity index (χ0) is 11.3. The Kier molecular flexibility index (Phi) is 4.09. The van der Waals surface area contributed by atoms with Gasteiger partial charge in [0, 0.05) is 20.3 Å². The van der Waals surface area contributed by atoms with Crippen LogP contribution < -0.4 is 5.32 Å². The molecule has 1 aromatic heterocycles. The van der Waals surface area contributed by atoms with Crippen molar-refractivity contribution in [1.29, 1.82) is 0 Å². The molecule has 4 nitrogen and oxygen atoms in total. The van der Waals surface area contributed by atoms with Crippen molar-refractivity contribution in [3.63, 3.8) is 0 Å². The predicted octanol–water partition coefficient (Wildman–Crippen LogP) is 1.58. The van der Waals surface area contributed by atoms with Crippen molar-refractivity contribution >= 4 is 5.84 Å². The number of aliphatic imine (C=N–C) groups is 1. The van der Waals surface area contributed by atoms with E-state index in [-0.39, 0.29) is 0 Å². The maximum Gasteiger partial charge on any atom is 0.171 e. The lowest BCUT2D eigenvalue weighted by Crippen LogP contribution is -2.23. The van der Waals surface area contributed by atoms with Crippen LogP contribution in [0.1, 0.15) is 19.0 Å². The van der Waals surface area contributed by atoms with Gasteiger partial charge in [-0.1, -0.05) is 13.0 Å². The third kappa shape index (κ3) is 2.68. The van der Waals surface area contributed by atoms with Crippen LogP contribution in [0.3, 0.4) is 0 Å². The van der Waals surface area contributed by atoms with Gasteiger partial charge in [0.05, 0.1) is 11.4 Å². The van der Waals surface area contributed by atoms with Gasteiger partial charge in [-0.25, -0.2) is 4.68 Å². The number of nitrogens with one attached hydrogen (secondary N) is 1. The molecule has 0 saturated carbocycles. The molecular formula is C11H18N4. The molecule has 1 heterocycles. The minimum Gasteiger partial charge on any atom is -0.385 e. The fourth-order valence-corrected chi connectivity index (χ4v) is 1.39. The molecule has 15 heavy (non-hydrogen) atoms. The maximum absolute atomic E-state index is 4.34. The zero-order valence-corrected chi connectivity index (χ0v) is 9.78. The molecule has 0 aromatic carbocycles. The van der Waals surface area contributed by atoms with Gasteiger partial charge >= 0.3 is 0 Å². The van der Waals surface area contributed by atoms with E-state index in [1.807, 2.05) is 26.2 Å². The minimum atomic E-state index is 0.840. The average Bonchev–Trinajstić information content (AvgIpc) is 2.64. The van der Waals surface area contributed by atoms with Crippen LogP contribution in [-0.2, 0) is 0 Å². The second kappa shape index (κ2) is 5.34. The van der Waals surface area contributed by atoms with E-state index < -0.39 is 0 Å². The van der Waals surface area contributed by atoms with Crippen LogP contribution in [0.15, 0.2) is 29.0 Å². The Hall–Kier alpha value is -1.58. The first kappa shape index (κ1) is 11.5. The summed E-state index contributed by atoms with van der Waals surface area (Å²) in [5.41, 5.74) is 1.99. The van der Waals surface area contributed by atoms with Crippen LogP contribution in [0.2, 0.25) is 0 Å². The molecule has 82 valence electrons. The van der Waals surface area contributed by atoms with E-state index >= 15 is 0 Å². The van der Waals surface area contributed by atoms with Crippen molar-refractivity contribution in [2.45, 2.75) is 20.3 Å². The van der Waals surface area contributed by atoms with Crippen molar-refractivity contribution in [3.05, 3.63) is 29.7 Å². The second-order valence-corrected chi connectivity index (χ2v) is 3.22. The molecule has 1 rings (SSSR count). The first-order valence-electron chi connectivity index (χ1n) is 5.10. The van der Waals surface area contributed by atoms with Gasteiger partial charge in [-0.05, 0) is 19.4 Å². The summed E-state index contributed by atoms with van der Waals surface area (Å²) in [6.07, 6.45) is 4.98. The van der Waals surface area contributed by atoms with Gasteiger partial charge in [-0.3, -0.25) is 4.99 Å². The molecule has 1 aromatic rings. The molecule has 0 aliphatic rings. The summed E-state index contributed by atoms with van der Waals surface area (Å²) in [4.78, 5) is 4.25. The predicted molar refractivity (Wildman–Crippen MR) is 63.2 cm³/mol. The standard InChI is InChI=1S/C11H18N4/c1-5-6-10(12-3)11(13-4)15-8-7-9(2)14-15/h6-8,12H,5H2,1-4H3/b10-6+,13-11?. The smallest absolute Gasteiger partial charge is 0.171 e. The van der Waals surface area contributed by atoms with Crippen LogP contribution in [-0.4, -0.2) is 29.7 Å². The van der Waals surface area contributed by atoms with Gasteiger partial charge in [-0.15, -0.1) is 0 Å². The monoisotopic (exact) mass is 206 g/mol. The van der Waals surface area contributed by atoms with Crippen molar-refractivity contribution < 1.29 is 0 Å². The van der Waals surface area contributed by atoms with Crippen molar-refractivity contribution in [3.8, 4) is 0 Å². The Labute approximate surface area is 90.7 Å². The highest BCUT2D eigenvalue weighted by atomic mass is 15.3. The van der Waals surface area contributed by atoms with E-state index in [1.54, 1.807) is 11.7 Å². The first-order chi connectivity index (χ1) is 7.22. The van der Waals surface area contributed by atoms with Crippen LogP contribution in [0.25, 0.3) is 0 Å². The number of allylic oxidation sites excluding steroid dienone is 2. The van der Waals surface area contributed by atoms with Crippen LogP contribution in [0, 0.1) is 6.92 Å². The van der Waals surface area contributed by atoms with Gasteiger partial charge in [0.1, 0.15) is 0 Å². The van der Waals surface area contributed by atoms with Crippen LogP contribution in [0.4, 0.5) is 0 Å². The van der Waals surface area contributed by atoms with Gasteiger partial charge < -0.3 is 5.32 Å². The molecule has 0 fully saturated rings. The Morgan fingerprint density at radius 2 is 2.40 bits per heavy atom. The summed E-state index contributed by atoms with van der Waals surface area (Å²) in [7, 11) is 3.66. The largest absolute Gasteiger partial charge is 0.385 e. The molecule has 0 bridgehead atoms. The Morgan fingerprint density at radius 1 is 1.67 bits per heavy atom. The highest BCUT2D eigenvalue weighted by molar-refractivity contribution is 5.98. The number of aromatic nitrogens is 2. The van der Waals surface area contributed by atoms with Gasteiger partial charge in [0.25, 0.3) is 0 Å². The lowest BCUT2D eigenvalue weighted by molar-refractivity contribution is 0.881. The summed E-state index contributed by atoms with van der Waals surface area (Å²) in [5.74, 6) is 0.840. The van der Waals surface area contributed by atoms with Gasteiger partial charge in [-0.2, -0.15) is 5.10 Å². The lowest BCUT2D eigenvalue weighted by Gasteiger charge is -2.09. The molecule has 0 aliphatic heterocycles. The quantitative estimate of drug-likeness (QED) is 0.602. The van der Waals surface area contributed by atoms with Crippen LogP contribution >= 0.6 is 0 Å². The topological polar surface area (TPSA) is 42.2 Å². The molecule has 1 N–H and O–H groups in total. The summed E-state index contributed by atoms with van der Waals surface area (Å²) in [5, 5.41) is 7.47. The fourth-order valence-electron chi connectivity index (χ4n) is 1.39. The molecule has 0 spiro atoms. The summed E-state index contributed by atoms with van der Waals surface area (Å²) in [6.45, 7) is 4.06. The molecule has 4 heteroatoms. The molecule has 0 aliphatic carbocycles. The number of rotatable bonds is 3. The molecular weight excluding hydrogens is 188 g/mol. The van der Waals surface area contributed by atoms with E-state index in [0.717, 1.165) is 23.6 Å². The average molecular weight is 206 g/mol. The Morgan fingerprint density at radius 3 is 2.80 bits per heavy atom. The van der Waals surface area contributed by atoms with Gasteiger partial charge in [0.2, 0.25) is 0 Å². The minimum absolute atomic E-state index is 0.840. The van der Waals surface area contributed by atoms with E-state index in [1.165, 1.54) is 0 Å². The second-order valence-electron chi connectivity index (χ2n) is 3.22. The normalized spacial score (nSPS) is 13.1. The third-order valence-electron chi connectivity index (χ3n) is 2.07. The molecule has 0 saturated heterocycles. The summed E-state index contributed by atoms with van der Waals surface area (Å²) < 4.78 is 1.79. The zero-order valence-electron chi connectivity index (χ0n) is 9.78. The van der Waals surface area contributed by atoms with Crippen molar-refractivity contribution in [2.75, 3.05) is 14.1 Å². The van der Waals surface area contributed by atoms with E-state index in [2.05, 4.69) is 28.4 Å². The number of hydrogen-bond donors (Lipinski definition) is 1. The number of hydrogen-bond acceptors (Lipinski definition) is 3. The van der Waals surface area contributed by atoms with Crippen molar-refractivity contribution in [1.82, 2.24) is 15.1 Å². The van der Waals surface area contributed by atoms with Crippen LogP contribution in [0.5, 0.6) is 0 Å². The highest BCUT2D eigenvalue weighted by Crippen LogP contribution is 2.01. The maximum atomic E-state index is 4.34. The Balaban J connectivity index is 3.04. The first-order valence-corrected chi connectivity index (χ1v) is 5.10. The molecule has 0 unspecified atom stereocenters. The number of nitrogens with zero attached hydrogens (tertiary/aromatic N) is 3. The lowest BCUT2D eigenvalue weighted by atomic mass is 10.3. The van der Waals surface area contributed by atoms with Crippen molar-refractivity contribution in [2.24, 2.45) is 4.99 Å². The summed E-state index contributed by atoms with van der Waals surface area (Å²) in [6, 6.07) is 1.96. The molecule has 0 radical (unpaired) electrons. The number of likely N-dealkylation sites (N-methyl/N-ethyl adjacent to an activating group) is 1. The van der Waals surface area contributed by atoms with Gasteiger partial charge in [0.15, 0.2) is 5.84 Å². The number of aryl methyl sites for hydroxylation is 1. The third-order valence-corrected chi connectivity index (χ3v) is 2.07. The molecule has 0 amide bonds. The fraction of sp³-hybridized carbons (Fsp3) is 0.455. The van der Waals surface area contributed by atoms with E-state index in [4.69, 9.17) is 0 Å². The Bertz CT molecular complexity index is 374. The summed E-state index contributed by atoms with van der Waals surface area (Å²) >= 11 is 0. The SMILES string of the molecule is CC/C=C(/NC)C(=NC)n1ccc(C)n1. The highest BCUT2D eigenvalue weighted by Gasteiger charge is 2.07. The van der Waals surface area contributed by atoms with E-state index in [9.17, 15) is 0 Å². The molecule has 0 atom stereocenters. The van der Waals surface area contributed by atoms with E-state index in [0.29, 0.717) is 0 Å².